The minimum Gasteiger partial charge on any atom is -0.483 e. The highest BCUT2D eigenvalue weighted by molar-refractivity contribution is 6.42. The lowest BCUT2D eigenvalue weighted by Gasteiger charge is -2.31. The number of rotatable bonds is 12. The molecule has 0 aliphatic carbocycles. The van der Waals surface area contributed by atoms with Gasteiger partial charge in [-0.3, -0.25) is 9.59 Å². The average molecular weight is 542 g/mol. The molecule has 0 saturated heterocycles. The molecule has 0 aromatic heterocycles. The zero-order chi connectivity index (χ0) is 26.8. The van der Waals surface area contributed by atoms with Crippen LogP contribution in [-0.2, 0) is 22.6 Å². The Hall–Kier alpha value is -3.02. The van der Waals surface area contributed by atoms with Gasteiger partial charge in [0.25, 0.3) is 5.91 Å². The minimum absolute atomic E-state index is 0.185. The normalized spacial score (nSPS) is 11.6. The van der Waals surface area contributed by atoms with Crippen LogP contribution in [0.1, 0.15) is 42.0 Å². The van der Waals surface area contributed by atoms with Gasteiger partial charge in [-0.15, -0.1) is 0 Å². The van der Waals surface area contributed by atoms with Gasteiger partial charge in [0.1, 0.15) is 11.8 Å². The Morgan fingerprint density at radius 2 is 1.70 bits per heavy atom. The highest BCUT2D eigenvalue weighted by Crippen LogP contribution is 2.25. The largest absolute Gasteiger partial charge is 0.483 e. The van der Waals surface area contributed by atoms with Gasteiger partial charge in [-0.1, -0.05) is 90.6 Å². The number of amides is 2. The van der Waals surface area contributed by atoms with Crippen molar-refractivity contribution in [1.29, 1.82) is 0 Å². The van der Waals surface area contributed by atoms with E-state index in [1.54, 1.807) is 17.0 Å². The first-order valence-corrected chi connectivity index (χ1v) is 13.3. The van der Waals surface area contributed by atoms with Crippen molar-refractivity contribution in [3.8, 4) is 5.75 Å². The lowest BCUT2D eigenvalue weighted by Crippen LogP contribution is -2.51. The number of unbranched alkanes of at least 4 members (excludes halogenated alkanes) is 1. The van der Waals surface area contributed by atoms with Crippen molar-refractivity contribution >= 4 is 35.0 Å². The number of nitrogens with zero attached hydrogens (tertiary/aromatic N) is 1. The molecule has 0 fully saturated rings. The smallest absolute Gasteiger partial charge is 0.261 e. The fourth-order valence-corrected chi connectivity index (χ4v) is 4.40. The molecule has 0 aliphatic rings. The van der Waals surface area contributed by atoms with Crippen LogP contribution in [0.3, 0.4) is 0 Å². The maximum Gasteiger partial charge on any atom is 0.261 e. The summed E-state index contributed by atoms with van der Waals surface area (Å²) in [7, 11) is 0. The summed E-state index contributed by atoms with van der Waals surface area (Å²) in [6.45, 7) is 6.56. The SMILES string of the molecule is CCCCNC(=O)[C@@H](Cc1ccccc1)N(Cc1ccc(Cl)c(Cl)c1)C(=O)COc1ccc(C)cc1C. The summed E-state index contributed by atoms with van der Waals surface area (Å²) in [6.07, 6.45) is 2.19. The van der Waals surface area contributed by atoms with E-state index in [-0.39, 0.29) is 25.0 Å². The molecule has 0 bridgehead atoms. The van der Waals surface area contributed by atoms with Crippen LogP contribution >= 0.6 is 23.2 Å². The number of carbonyl (C=O) groups excluding carboxylic acids is 2. The number of aryl methyl sites for hydroxylation is 2. The third-order valence-corrected chi connectivity index (χ3v) is 6.86. The van der Waals surface area contributed by atoms with E-state index < -0.39 is 6.04 Å². The number of ether oxygens (including phenoxy) is 1. The van der Waals surface area contributed by atoms with Gasteiger partial charge in [-0.2, -0.15) is 0 Å². The van der Waals surface area contributed by atoms with E-state index in [0.29, 0.717) is 28.8 Å². The third kappa shape index (κ3) is 8.51. The fourth-order valence-electron chi connectivity index (χ4n) is 4.08. The van der Waals surface area contributed by atoms with Gasteiger partial charge in [0, 0.05) is 19.5 Å². The topological polar surface area (TPSA) is 58.6 Å². The number of nitrogens with one attached hydrogen (secondary N) is 1. The Bertz CT molecular complexity index is 1200. The van der Waals surface area contributed by atoms with Crippen LogP contribution in [0.25, 0.3) is 0 Å². The molecule has 5 nitrogen and oxygen atoms in total. The van der Waals surface area contributed by atoms with E-state index in [1.807, 2.05) is 68.4 Å². The minimum atomic E-state index is -0.732. The monoisotopic (exact) mass is 540 g/mol. The molecule has 0 saturated carbocycles. The standard InChI is InChI=1S/C30H34Cl2N2O3/c1-4-5-15-33-30(36)27(18-23-9-7-6-8-10-23)34(19-24-12-13-25(31)26(32)17-24)29(35)20-37-28-14-11-21(2)16-22(28)3/h6-14,16-17,27H,4-5,15,18-20H2,1-3H3,(H,33,36)/t27-/m1/s1. The zero-order valence-electron chi connectivity index (χ0n) is 21.6. The predicted molar refractivity (Wildman–Crippen MR) is 150 cm³/mol. The van der Waals surface area contributed by atoms with Crippen molar-refractivity contribution in [3.63, 3.8) is 0 Å². The second-order valence-corrected chi connectivity index (χ2v) is 9.99. The van der Waals surface area contributed by atoms with Gasteiger partial charge in [0.15, 0.2) is 6.61 Å². The lowest BCUT2D eigenvalue weighted by atomic mass is 10.0. The van der Waals surface area contributed by atoms with Crippen molar-refractivity contribution in [3.05, 3.63) is 99.0 Å². The molecule has 1 atom stereocenters. The molecular weight excluding hydrogens is 507 g/mol. The predicted octanol–water partition coefficient (Wildman–Crippen LogP) is 6.55. The second kappa shape index (κ2) is 14.1. The summed E-state index contributed by atoms with van der Waals surface area (Å²) in [5, 5.41) is 3.84. The Labute approximate surface area is 229 Å². The highest BCUT2D eigenvalue weighted by atomic mass is 35.5. The first-order valence-electron chi connectivity index (χ1n) is 12.5. The average Bonchev–Trinajstić information content (AvgIpc) is 2.88. The maximum absolute atomic E-state index is 13.7. The van der Waals surface area contributed by atoms with Crippen LogP contribution in [0.15, 0.2) is 66.7 Å². The summed E-state index contributed by atoms with van der Waals surface area (Å²) in [5.41, 5.74) is 3.79. The maximum atomic E-state index is 13.7. The number of hydrogen-bond acceptors (Lipinski definition) is 3. The first kappa shape index (κ1) is 28.5. The van der Waals surface area contributed by atoms with Crippen LogP contribution in [0.4, 0.5) is 0 Å². The first-order chi connectivity index (χ1) is 17.8. The van der Waals surface area contributed by atoms with Crippen LogP contribution in [0.2, 0.25) is 10.0 Å². The van der Waals surface area contributed by atoms with Crippen molar-refractivity contribution < 1.29 is 14.3 Å². The van der Waals surface area contributed by atoms with E-state index >= 15 is 0 Å². The van der Waals surface area contributed by atoms with Crippen molar-refractivity contribution in [2.75, 3.05) is 13.2 Å². The molecule has 0 radical (unpaired) electrons. The lowest BCUT2D eigenvalue weighted by molar-refractivity contribution is -0.142. The molecular formula is C30H34Cl2N2O3. The third-order valence-electron chi connectivity index (χ3n) is 6.12. The molecule has 3 rings (SSSR count). The van der Waals surface area contributed by atoms with E-state index in [0.717, 1.165) is 35.1 Å². The van der Waals surface area contributed by atoms with E-state index in [4.69, 9.17) is 27.9 Å². The molecule has 0 heterocycles. The van der Waals surface area contributed by atoms with Crippen molar-refractivity contribution in [2.45, 2.75) is 52.6 Å². The summed E-state index contributed by atoms with van der Waals surface area (Å²) in [5.74, 6) is 0.148. The second-order valence-electron chi connectivity index (χ2n) is 9.18. The van der Waals surface area contributed by atoms with Crippen LogP contribution in [0, 0.1) is 13.8 Å². The fraction of sp³-hybridized carbons (Fsp3) is 0.333. The summed E-state index contributed by atoms with van der Waals surface area (Å²) in [4.78, 5) is 28.7. The zero-order valence-corrected chi connectivity index (χ0v) is 23.1. The van der Waals surface area contributed by atoms with E-state index in [1.165, 1.54) is 0 Å². The van der Waals surface area contributed by atoms with Gasteiger partial charge in [-0.05, 0) is 55.2 Å². The number of hydrogen-bond donors (Lipinski definition) is 1. The molecule has 0 aliphatic heterocycles. The molecule has 37 heavy (non-hydrogen) atoms. The van der Waals surface area contributed by atoms with E-state index in [9.17, 15) is 9.59 Å². The molecule has 196 valence electrons. The molecule has 3 aromatic carbocycles. The summed E-state index contributed by atoms with van der Waals surface area (Å²) < 4.78 is 5.92. The number of benzene rings is 3. The molecule has 2 amide bonds. The highest BCUT2D eigenvalue weighted by Gasteiger charge is 2.30. The van der Waals surface area contributed by atoms with Crippen LogP contribution in [-0.4, -0.2) is 35.9 Å². The molecule has 7 heteroatoms. The molecule has 1 N–H and O–H groups in total. The van der Waals surface area contributed by atoms with Crippen LogP contribution in [0.5, 0.6) is 5.75 Å². The summed E-state index contributed by atoms with van der Waals surface area (Å²) in [6, 6.07) is 20.0. The van der Waals surface area contributed by atoms with Crippen molar-refractivity contribution in [2.24, 2.45) is 0 Å². The number of carbonyl (C=O) groups is 2. The number of halogens is 2. The Balaban J connectivity index is 1.92. The van der Waals surface area contributed by atoms with E-state index in [2.05, 4.69) is 12.2 Å². The van der Waals surface area contributed by atoms with Crippen LogP contribution < -0.4 is 10.1 Å². The van der Waals surface area contributed by atoms with Crippen molar-refractivity contribution in [1.82, 2.24) is 10.2 Å². The Morgan fingerprint density at radius 1 is 0.946 bits per heavy atom. The quantitative estimate of drug-likeness (QED) is 0.265. The van der Waals surface area contributed by atoms with Gasteiger partial charge in [0.05, 0.1) is 10.0 Å². The Kier molecular flexibility index (Phi) is 10.8. The van der Waals surface area contributed by atoms with Gasteiger partial charge >= 0.3 is 0 Å². The van der Waals surface area contributed by atoms with Gasteiger partial charge < -0.3 is 15.0 Å². The molecule has 3 aromatic rings. The van der Waals surface area contributed by atoms with Gasteiger partial charge in [-0.25, -0.2) is 0 Å². The summed E-state index contributed by atoms with van der Waals surface area (Å²) >= 11 is 12.4. The molecule has 0 spiro atoms. The molecule has 0 unspecified atom stereocenters. The Morgan fingerprint density at radius 3 is 2.38 bits per heavy atom. The van der Waals surface area contributed by atoms with Gasteiger partial charge in [0.2, 0.25) is 5.91 Å².